The predicted octanol–water partition coefficient (Wildman–Crippen LogP) is 3.12. The zero-order valence-electron chi connectivity index (χ0n) is 17.2. The van der Waals surface area contributed by atoms with Gasteiger partial charge < -0.3 is 11.1 Å². The van der Waals surface area contributed by atoms with Crippen LogP contribution >= 0.6 is 11.6 Å². The van der Waals surface area contributed by atoms with Gasteiger partial charge in [0.25, 0.3) is 5.91 Å². The second-order valence-corrected chi connectivity index (χ2v) is 9.56. The summed E-state index contributed by atoms with van der Waals surface area (Å²) in [6.07, 6.45) is 0. The number of nitrogens with one attached hydrogen (secondary N) is 1. The number of sulfonamides is 1. The lowest BCUT2D eigenvalue weighted by atomic mass is 10.1. The van der Waals surface area contributed by atoms with Crippen LogP contribution in [-0.2, 0) is 21.4 Å². The third-order valence-electron chi connectivity index (χ3n) is 4.83. The van der Waals surface area contributed by atoms with E-state index in [9.17, 15) is 18.0 Å². The Hall–Kier alpha value is -3.20. The minimum absolute atomic E-state index is 0.0449. The van der Waals surface area contributed by atoms with Crippen molar-refractivity contribution in [3.63, 3.8) is 0 Å². The number of amides is 2. The van der Waals surface area contributed by atoms with Crippen molar-refractivity contribution < 1.29 is 18.0 Å². The Morgan fingerprint density at radius 3 is 2.19 bits per heavy atom. The standard InChI is InChI=1S/C23H22ClN3O4S/c1-27(15-16-8-4-2-5-9-16)32(30,31)18-12-13-20(24)19(14-18)23(29)26-21(22(25)28)17-10-6-3-7-11-17/h2-14,21H,15H2,1H3,(H2,25,28)(H,26,29)/t21-/m0/s1. The zero-order valence-corrected chi connectivity index (χ0v) is 18.8. The van der Waals surface area contributed by atoms with Crippen LogP contribution in [0.1, 0.15) is 27.5 Å². The van der Waals surface area contributed by atoms with Gasteiger partial charge in [0.05, 0.1) is 15.5 Å². The second-order valence-electron chi connectivity index (χ2n) is 7.11. The molecule has 3 rings (SSSR count). The molecular weight excluding hydrogens is 450 g/mol. The lowest BCUT2D eigenvalue weighted by molar-refractivity contribution is -0.120. The van der Waals surface area contributed by atoms with Crippen LogP contribution in [-0.4, -0.2) is 31.6 Å². The van der Waals surface area contributed by atoms with Gasteiger partial charge >= 0.3 is 0 Å². The van der Waals surface area contributed by atoms with Gasteiger partial charge in [0, 0.05) is 13.6 Å². The first kappa shape index (κ1) is 23.5. The highest BCUT2D eigenvalue weighted by atomic mass is 35.5. The molecule has 0 aliphatic carbocycles. The predicted molar refractivity (Wildman–Crippen MR) is 122 cm³/mol. The van der Waals surface area contributed by atoms with E-state index in [2.05, 4.69) is 5.32 Å². The van der Waals surface area contributed by atoms with E-state index in [4.69, 9.17) is 17.3 Å². The molecule has 0 aliphatic rings. The van der Waals surface area contributed by atoms with Crippen LogP contribution < -0.4 is 11.1 Å². The summed E-state index contributed by atoms with van der Waals surface area (Å²) >= 11 is 6.17. The molecule has 0 heterocycles. The molecular formula is C23H22ClN3O4S. The van der Waals surface area contributed by atoms with Gasteiger partial charge in [-0.05, 0) is 29.3 Å². The number of carbonyl (C=O) groups is 2. The van der Waals surface area contributed by atoms with Crippen LogP contribution in [0.2, 0.25) is 5.02 Å². The van der Waals surface area contributed by atoms with Gasteiger partial charge in [0.1, 0.15) is 6.04 Å². The summed E-state index contributed by atoms with van der Waals surface area (Å²) < 4.78 is 27.3. The Kier molecular flexibility index (Phi) is 7.29. The van der Waals surface area contributed by atoms with E-state index in [0.717, 1.165) is 5.56 Å². The number of hydrogen-bond donors (Lipinski definition) is 2. The van der Waals surface area contributed by atoms with E-state index < -0.39 is 27.9 Å². The Bertz CT molecular complexity index is 1220. The minimum Gasteiger partial charge on any atom is -0.368 e. The number of carbonyl (C=O) groups excluding carboxylic acids is 2. The Morgan fingerprint density at radius 1 is 1.00 bits per heavy atom. The molecule has 0 aliphatic heterocycles. The monoisotopic (exact) mass is 471 g/mol. The Labute approximate surface area is 191 Å². The van der Waals surface area contributed by atoms with E-state index in [1.807, 2.05) is 30.3 Å². The van der Waals surface area contributed by atoms with Crippen LogP contribution in [0.25, 0.3) is 0 Å². The Morgan fingerprint density at radius 2 is 1.59 bits per heavy atom. The van der Waals surface area contributed by atoms with E-state index in [1.54, 1.807) is 30.3 Å². The van der Waals surface area contributed by atoms with Gasteiger partial charge in [0.15, 0.2) is 0 Å². The lowest BCUT2D eigenvalue weighted by Crippen LogP contribution is -2.37. The lowest BCUT2D eigenvalue weighted by Gasteiger charge is -2.19. The van der Waals surface area contributed by atoms with E-state index >= 15 is 0 Å². The van der Waals surface area contributed by atoms with Crippen LogP contribution in [0.3, 0.4) is 0 Å². The van der Waals surface area contributed by atoms with Gasteiger partial charge in [0.2, 0.25) is 15.9 Å². The maximum atomic E-state index is 13.1. The molecule has 0 aromatic heterocycles. The number of nitrogens with zero attached hydrogens (tertiary/aromatic N) is 1. The summed E-state index contributed by atoms with van der Waals surface area (Å²) in [5, 5.41) is 2.58. The fourth-order valence-electron chi connectivity index (χ4n) is 3.12. The van der Waals surface area contributed by atoms with Gasteiger partial charge in [-0.15, -0.1) is 0 Å². The fourth-order valence-corrected chi connectivity index (χ4v) is 4.51. The summed E-state index contributed by atoms with van der Waals surface area (Å²) in [6, 6.07) is 20.4. The highest BCUT2D eigenvalue weighted by Crippen LogP contribution is 2.24. The molecule has 0 spiro atoms. The summed E-state index contributed by atoms with van der Waals surface area (Å²) in [5.41, 5.74) is 6.69. The minimum atomic E-state index is -3.90. The summed E-state index contributed by atoms with van der Waals surface area (Å²) in [7, 11) is -2.45. The number of benzene rings is 3. The maximum Gasteiger partial charge on any atom is 0.253 e. The molecule has 2 amide bonds. The second kappa shape index (κ2) is 9.95. The maximum absolute atomic E-state index is 13.1. The molecule has 0 unspecified atom stereocenters. The summed E-state index contributed by atoms with van der Waals surface area (Å²) in [6.45, 7) is 0.158. The van der Waals surface area contributed by atoms with Crippen molar-refractivity contribution in [1.29, 1.82) is 0 Å². The SMILES string of the molecule is CN(Cc1ccccc1)S(=O)(=O)c1ccc(Cl)c(C(=O)N[C@H](C(N)=O)c2ccccc2)c1. The molecule has 0 bridgehead atoms. The van der Waals surface area contributed by atoms with Crippen LogP contribution in [0, 0.1) is 0 Å². The van der Waals surface area contributed by atoms with Gasteiger partial charge in [-0.3, -0.25) is 9.59 Å². The molecule has 7 nitrogen and oxygen atoms in total. The van der Waals surface area contributed by atoms with Crippen molar-refractivity contribution in [2.75, 3.05) is 7.05 Å². The molecule has 0 radical (unpaired) electrons. The normalized spacial score (nSPS) is 12.3. The molecule has 0 saturated carbocycles. The Balaban J connectivity index is 1.87. The van der Waals surface area contributed by atoms with Gasteiger partial charge in [-0.1, -0.05) is 72.3 Å². The fraction of sp³-hybridized carbons (Fsp3) is 0.130. The number of hydrogen-bond acceptors (Lipinski definition) is 4. The van der Waals surface area contributed by atoms with Crippen molar-refractivity contribution in [2.24, 2.45) is 5.73 Å². The van der Waals surface area contributed by atoms with Crippen molar-refractivity contribution in [3.8, 4) is 0 Å². The zero-order chi connectivity index (χ0) is 23.3. The molecule has 1 atom stereocenters. The molecule has 0 saturated heterocycles. The highest BCUT2D eigenvalue weighted by Gasteiger charge is 2.26. The van der Waals surface area contributed by atoms with Gasteiger partial charge in [-0.2, -0.15) is 4.31 Å². The molecule has 3 N–H and O–H groups in total. The first-order valence-corrected chi connectivity index (χ1v) is 11.5. The molecule has 0 fully saturated rings. The largest absolute Gasteiger partial charge is 0.368 e. The highest BCUT2D eigenvalue weighted by molar-refractivity contribution is 7.89. The quantitative estimate of drug-likeness (QED) is 0.526. The van der Waals surface area contributed by atoms with E-state index in [1.165, 1.54) is 29.6 Å². The first-order valence-electron chi connectivity index (χ1n) is 9.65. The third-order valence-corrected chi connectivity index (χ3v) is 6.96. The smallest absolute Gasteiger partial charge is 0.253 e. The van der Waals surface area contributed by atoms with Crippen LogP contribution in [0.15, 0.2) is 83.8 Å². The first-order chi connectivity index (χ1) is 15.2. The number of nitrogens with two attached hydrogens (primary N) is 1. The van der Waals surface area contributed by atoms with Crippen molar-refractivity contribution in [2.45, 2.75) is 17.5 Å². The molecule has 3 aromatic rings. The number of primary amides is 1. The van der Waals surface area contributed by atoms with E-state index in [-0.39, 0.29) is 22.0 Å². The topological polar surface area (TPSA) is 110 Å². The molecule has 9 heteroatoms. The molecule has 3 aromatic carbocycles. The molecule has 32 heavy (non-hydrogen) atoms. The van der Waals surface area contributed by atoms with Crippen molar-refractivity contribution >= 4 is 33.4 Å². The summed E-state index contributed by atoms with van der Waals surface area (Å²) in [5.74, 6) is -1.47. The van der Waals surface area contributed by atoms with Crippen LogP contribution in [0.4, 0.5) is 0 Å². The molecule has 166 valence electrons. The number of halogens is 1. The van der Waals surface area contributed by atoms with Gasteiger partial charge in [-0.25, -0.2) is 8.42 Å². The van der Waals surface area contributed by atoms with Crippen LogP contribution in [0.5, 0.6) is 0 Å². The average molecular weight is 472 g/mol. The van der Waals surface area contributed by atoms with E-state index in [0.29, 0.717) is 5.56 Å². The van der Waals surface area contributed by atoms with Crippen molar-refractivity contribution in [1.82, 2.24) is 9.62 Å². The summed E-state index contributed by atoms with van der Waals surface area (Å²) in [4.78, 5) is 24.7. The van der Waals surface area contributed by atoms with Crippen molar-refractivity contribution in [3.05, 3.63) is 101 Å². The number of rotatable bonds is 8. The third kappa shape index (κ3) is 5.34. The average Bonchev–Trinajstić information content (AvgIpc) is 2.78.